The monoisotopic (exact) mass is 807 g/mol. The number of nitrogens with zero attached hydrogens (tertiary/aromatic N) is 3. The Morgan fingerprint density at radius 1 is 1.07 bits per heavy atom. The second-order valence-corrected chi connectivity index (χ2v) is 20.1. The number of carbonyl (C=O) groups excluding carboxylic acids is 3. The molecule has 15 nitrogen and oxygen atoms in total. The number of benzene rings is 1. The Bertz CT molecular complexity index is 2120. The number of allylic oxidation sites excluding steroid dienone is 1. The molecule has 4 amide bonds. The lowest BCUT2D eigenvalue weighted by Gasteiger charge is -2.38. The van der Waals surface area contributed by atoms with Gasteiger partial charge in [-0.3, -0.25) is 24.0 Å². The van der Waals surface area contributed by atoms with Crippen LogP contribution in [0.25, 0.3) is 10.8 Å². The number of carboxylic acid groups (broad SMARTS) is 1. The fourth-order valence-corrected chi connectivity index (χ4v) is 10.2. The van der Waals surface area contributed by atoms with Gasteiger partial charge in [-0.1, -0.05) is 32.9 Å². The van der Waals surface area contributed by atoms with Crippen LogP contribution in [0.3, 0.4) is 0 Å². The van der Waals surface area contributed by atoms with Gasteiger partial charge in [0.1, 0.15) is 36.9 Å². The predicted molar refractivity (Wildman–Crippen MR) is 208 cm³/mol. The molecule has 0 unspecified atom stereocenters. The van der Waals surface area contributed by atoms with Crippen molar-refractivity contribution in [3.63, 3.8) is 0 Å². The third-order valence-corrected chi connectivity index (χ3v) is 15.3. The van der Waals surface area contributed by atoms with Crippen molar-refractivity contribution in [2.45, 2.75) is 114 Å². The van der Waals surface area contributed by atoms with Crippen molar-refractivity contribution in [1.29, 1.82) is 0 Å². The number of fused-ring (bicyclic) bond motifs is 5. The molecule has 7 atom stereocenters. The number of hydrogen-bond donors (Lipinski definition) is 3. The Hall–Kier alpha value is -4.60. The second kappa shape index (κ2) is 14.3. The van der Waals surface area contributed by atoms with Crippen LogP contribution in [0.5, 0.6) is 17.4 Å². The maximum absolute atomic E-state index is 15.1. The smallest absolute Gasteiger partial charge is 0.408 e. The number of ether oxygens (including phenoxy) is 3. The van der Waals surface area contributed by atoms with Gasteiger partial charge in [0.15, 0.2) is 11.5 Å². The first-order chi connectivity index (χ1) is 27.0. The normalized spacial score (nSPS) is 31.5. The topological polar surface area (TPSA) is 194 Å². The van der Waals surface area contributed by atoms with E-state index >= 15 is 4.79 Å². The molecule has 57 heavy (non-hydrogen) atoms. The number of aromatic nitrogens is 1. The maximum atomic E-state index is 15.1. The number of amides is 4. The molecule has 8 rings (SSSR count). The van der Waals surface area contributed by atoms with Gasteiger partial charge in [-0.25, -0.2) is 18.2 Å². The number of carbonyl (C=O) groups is 4. The van der Waals surface area contributed by atoms with Crippen molar-refractivity contribution < 1.29 is 46.9 Å². The average molecular weight is 808 g/mol. The summed E-state index contributed by atoms with van der Waals surface area (Å²) in [6.45, 7) is 8.51. The fourth-order valence-electron chi connectivity index (χ4n) is 8.88. The number of pyridine rings is 1. The van der Waals surface area contributed by atoms with Crippen LogP contribution < -0.4 is 24.2 Å². The second-order valence-electron chi connectivity index (χ2n) is 17.9. The minimum Gasteiger partial charge on any atom is -0.486 e. The standard InChI is InChI=1S/C41H53N5O10S/c1-24-7-5-6-8-26-21-41(26,37(49)44-57(52,53)40(4)14-15-40)43-34(47)30-20-27(56-35-29-9-10-31-33(55-18-17-54-31)28(29)11-16-42-35)22-45(30)36(48)32(25(2)19-24)46(38(50)51)23-39(3)12-13-39/h6,8-11,16,24-27,30,32H,5,7,12-15,17-23H2,1-4H3,(H,43,47)(H,44,49)(H,50,51)/t24-,25+,26+,27+,30-,32-,41+/m0/s1. The Labute approximate surface area is 332 Å². The molecule has 4 heterocycles. The summed E-state index contributed by atoms with van der Waals surface area (Å²) in [7, 11) is -4.02. The van der Waals surface area contributed by atoms with Crippen LogP contribution in [-0.2, 0) is 24.4 Å². The zero-order valence-corrected chi connectivity index (χ0v) is 33.8. The van der Waals surface area contributed by atoms with Crippen LogP contribution in [0.2, 0.25) is 0 Å². The van der Waals surface area contributed by atoms with Crippen molar-refractivity contribution in [2.75, 3.05) is 26.3 Å². The Kier molecular flexibility index (Phi) is 9.88. The van der Waals surface area contributed by atoms with Crippen molar-refractivity contribution in [3.05, 3.63) is 36.5 Å². The third-order valence-electron chi connectivity index (χ3n) is 13.1. The molecule has 0 radical (unpaired) electrons. The van der Waals surface area contributed by atoms with E-state index in [-0.39, 0.29) is 43.1 Å². The lowest BCUT2D eigenvalue weighted by Crippen LogP contribution is -2.60. The first kappa shape index (κ1) is 39.2. The minimum absolute atomic E-state index is 0.0110. The Balaban J connectivity index is 1.15. The van der Waals surface area contributed by atoms with Crippen LogP contribution >= 0.6 is 0 Å². The quantitative estimate of drug-likeness (QED) is 0.321. The van der Waals surface area contributed by atoms with E-state index in [9.17, 15) is 27.9 Å². The van der Waals surface area contributed by atoms with Gasteiger partial charge >= 0.3 is 6.09 Å². The zero-order valence-electron chi connectivity index (χ0n) is 33.0. The summed E-state index contributed by atoms with van der Waals surface area (Å²) in [5, 5.41) is 14.9. The minimum atomic E-state index is -4.02. The summed E-state index contributed by atoms with van der Waals surface area (Å²) in [4.78, 5) is 64.0. The van der Waals surface area contributed by atoms with Crippen LogP contribution in [0.15, 0.2) is 36.5 Å². The van der Waals surface area contributed by atoms with Gasteiger partial charge in [0.05, 0.1) is 11.3 Å². The molecule has 2 aromatic rings. The van der Waals surface area contributed by atoms with E-state index < -0.39 is 74.1 Å². The lowest BCUT2D eigenvalue weighted by molar-refractivity contribution is -0.144. The van der Waals surface area contributed by atoms with Gasteiger partial charge in [-0.05, 0) is 93.7 Å². The number of rotatable bonds is 8. The molecule has 3 N–H and O–H groups in total. The van der Waals surface area contributed by atoms with Gasteiger partial charge in [0.25, 0.3) is 5.91 Å². The fraction of sp³-hybridized carbons (Fsp3) is 0.634. The lowest BCUT2D eigenvalue weighted by atomic mass is 9.86. The molecule has 3 aliphatic heterocycles. The van der Waals surface area contributed by atoms with E-state index in [4.69, 9.17) is 14.2 Å². The number of nitrogens with one attached hydrogen (secondary N) is 2. The Morgan fingerprint density at radius 3 is 2.54 bits per heavy atom. The SMILES string of the molecule is C[C@H]1CCC=C[C@@H]2C[C@@]2(C(=O)NS(=O)(=O)C2(C)CC2)NC(=O)[C@@H]2C[C@@H](Oc3nccc4c5c(ccc34)OCCO5)CN2C(=O)[C@@H](N(CC2(C)CC2)C(=O)O)[C@H](C)C1. The highest BCUT2D eigenvalue weighted by Crippen LogP contribution is 2.49. The highest BCUT2D eigenvalue weighted by molar-refractivity contribution is 7.91. The molecule has 1 aromatic heterocycles. The highest BCUT2D eigenvalue weighted by Gasteiger charge is 2.63. The molecule has 16 heteroatoms. The molecule has 0 bridgehead atoms. The summed E-state index contributed by atoms with van der Waals surface area (Å²) in [6, 6.07) is 3.14. The predicted octanol–water partition coefficient (Wildman–Crippen LogP) is 4.39. The van der Waals surface area contributed by atoms with E-state index in [1.54, 1.807) is 25.3 Å². The van der Waals surface area contributed by atoms with Crippen molar-refractivity contribution in [1.82, 2.24) is 24.8 Å². The Morgan fingerprint density at radius 2 is 1.82 bits per heavy atom. The van der Waals surface area contributed by atoms with Gasteiger partial charge in [0, 0.05) is 35.9 Å². The zero-order chi connectivity index (χ0) is 40.5. The number of hydrogen-bond acceptors (Lipinski definition) is 10. The molecular weight excluding hydrogens is 755 g/mol. The van der Waals surface area contributed by atoms with E-state index in [1.807, 2.05) is 32.1 Å². The van der Waals surface area contributed by atoms with Crippen LogP contribution in [0.1, 0.15) is 85.5 Å². The average Bonchev–Trinajstić information content (AvgIpc) is 4.13. The molecule has 0 spiro atoms. The molecule has 308 valence electrons. The first-order valence-electron chi connectivity index (χ1n) is 20.2. The molecule has 1 saturated heterocycles. The van der Waals surface area contributed by atoms with E-state index in [1.165, 1.54) is 9.80 Å². The summed E-state index contributed by atoms with van der Waals surface area (Å²) >= 11 is 0. The van der Waals surface area contributed by atoms with Crippen molar-refractivity contribution >= 4 is 44.6 Å². The van der Waals surface area contributed by atoms with E-state index in [0.29, 0.717) is 55.8 Å². The molecule has 3 aliphatic carbocycles. The molecular formula is C41H53N5O10S. The maximum Gasteiger partial charge on any atom is 0.408 e. The van der Waals surface area contributed by atoms with Gasteiger partial charge in [-0.2, -0.15) is 0 Å². The summed E-state index contributed by atoms with van der Waals surface area (Å²) in [6.07, 6.45) is 8.18. The summed E-state index contributed by atoms with van der Waals surface area (Å²) < 4.78 is 45.9. The van der Waals surface area contributed by atoms with E-state index in [2.05, 4.69) is 21.9 Å². The van der Waals surface area contributed by atoms with Gasteiger partial charge < -0.3 is 29.5 Å². The van der Waals surface area contributed by atoms with Crippen LogP contribution in [0, 0.1) is 23.2 Å². The van der Waals surface area contributed by atoms with Crippen LogP contribution in [-0.4, -0.2) is 107 Å². The molecule has 4 fully saturated rings. The molecule has 6 aliphatic rings. The van der Waals surface area contributed by atoms with Crippen molar-refractivity contribution in [2.24, 2.45) is 23.2 Å². The largest absolute Gasteiger partial charge is 0.486 e. The van der Waals surface area contributed by atoms with E-state index in [0.717, 1.165) is 24.6 Å². The highest BCUT2D eigenvalue weighted by atomic mass is 32.2. The van der Waals surface area contributed by atoms with Gasteiger partial charge in [0.2, 0.25) is 27.7 Å². The summed E-state index contributed by atoms with van der Waals surface area (Å²) in [5.74, 6) is -1.27. The van der Waals surface area contributed by atoms with Crippen LogP contribution in [0.4, 0.5) is 4.79 Å². The summed E-state index contributed by atoms with van der Waals surface area (Å²) in [5.41, 5.74) is -1.80. The van der Waals surface area contributed by atoms with Gasteiger partial charge in [-0.15, -0.1) is 0 Å². The molecule has 1 aromatic carbocycles. The third kappa shape index (κ3) is 7.49. The molecule has 3 saturated carbocycles. The first-order valence-corrected chi connectivity index (χ1v) is 21.7. The number of sulfonamides is 1. The van der Waals surface area contributed by atoms with Crippen molar-refractivity contribution in [3.8, 4) is 17.4 Å².